The number of sulfonamides is 1. The maximum absolute atomic E-state index is 12.3. The Balaban J connectivity index is 2.32. The van der Waals surface area contributed by atoms with Crippen molar-refractivity contribution in [3.05, 3.63) is 56.3 Å². The lowest BCUT2D eigenvalue weighted by atomic mass is 10.2. The molecule has 8 heteroatoms. The van der Waals surface area contributed by atoms with Gasteiger partial charge in [0.25, 0.3) is 5.69 Å². The van der Waals surface area contributed by atoms with Crippen molar-refractivity contribution in [3.63, 3.8) is 0 Å². The van der Waals surface area contributed by atoms with Crippen molar-refractivity contribution in [1.82, 2.24) is 4.72 Å². The second kappa shape index (κ2) is 5.92. The highest BCUT2D eigenvalue weighted by molar-refractivity contribution is 7.89. The quantitative estimate of drug-likeness (QED) is 0.675. The fourth-order valence-corrected chi connectivity index (χ4v) is 3.90. The van der Waals surface area contributed by atoms with E-state index >= 15 is 0 Å². The van der Waals surface area contributed by atoms with E-state index in [4.69, 9.17) is 0 Å². The molecule has 0 spiro atoms. The van der Waals surface area contributed by atoms with Crippen LogP contribution in [-0.2, 0) is 10.0 Å². The maximum Gasteiger partial charge on any atom is 0.273 e. The zero-order valence-corrected chi connectivity index (χ0v) is 13.1. The molecule has 2 rings (SSSR count). The monoisotopic (exact) mass is 326 g/mol. The van der Waals surface area contributed by atoms with Crippen LogP contribution in [0.15, 0.2) is 40.6 Å². The molecule has 0 aliphatic rings. The first-order valence-electron chi connectivity index (χ1n) is 6.12. The summed E-state index contributed by atoms with van der Waals surface area (Å²) in [5.41, 5.74) is 0.215. The molecule has 0 bridgehead atoms. The highest BCUT2D eigenvalue weighted by Gasteiger charge is 2.22. The average molecular weight is 326 g/mol. The van der Waals surface area contributed by atoms with E-state index < -0.39 is 21.0 Å². The number of aryl methyl sites for hydroxylation is 1. The number of nitro benzene ring substituents is 1. The van der Waals surface area contributed by atoms with Gasteiger partial charge in [0.05, 0.1) is 15.9 Å². The molecule has 1 atom stereocenters. The number of hydrogen-bond acceptors (Lipinski definition) is 5. The summed E-state index contributed by atoms with van der Waals surface area (Å²) in [6.45, 7) is 3.29. The summed E-state index contributed by atoms with van der Waals surface area (Å²) in [4.78, 5) is 11.1. The van der Waals surface area contributed by atoms with Gasteiger partial charge in [-0.3, -0.25) is 10.1 Å². The first-order valence-corrected chi connectivity index (χ1v) is 8.48. The van der Waals surface area contributed by atoms with Crippen molar-refractivity contribution in [1.29, 1.82) is 0 Å². The predicted octanol–water partition coefficient (Wildman–Crippen LogP) is 3.00. The first kappa shape index (κ1) is 15.6. The molecule has 1 aromatic carbocycles. The summed E-state index contributed by atoms with van der Waals surface area (Å²) in [5.74, 6) is 0. The van der Waals surface area contributed by atoms with Crippen LogP contribution in [-0.4, -0.2) is 13.3 Å². The smallest absolute Gasteiger partial charge is 0.258 e. The van der Waals surface area contributed by atoms with Crippen molar-refractivity contribution < 1.29 is 13.3 Å². The predicted molar refractivity (Wildman–Crippen MR) is 80.9 cm³/mol. The molecule has 0 unspecified atom stereocenters. The molecule has 112 valence electrons. The molecule has 0 amide bonds. The van der Waals surface area contributed by atoms with Crippen molar-refractivity contribution >= 4 is 27.0 Å². The van der Waals surface area contributed by atoms with Gasteiger partial charge in [0.1, 0.15) is 0 Å². The molecule has 21 heavy (non-hydrogen) atoms. The van der Waals surface area contributed by atoms with E-state index in [9.17, 15) is 18.5 Å². The third-order valence-corrected chi connectivity index (χ3v) is 5.58. The lowest BCUT2D eigenvalue weighted by Gasteiger charge is -2.13. The fourth-order valence-electron chi connectivity index (χ4n) is 1.85. The Hall–Kier alpha value is -1.77. The lowest BCUT2D eigenvalue weighted by molar-refractivity contribution is -0.385. The van der Waals surface area contributed by atoms with Crippen LogP contribution >= 0.6 is 11.3 Å². The first-order chi connectivity index (χ1) is 9.81. The molecule has 0 aliphatic carbocycles. The van der Waals surface area contributed by atoms with Crippen LogP contribution in [0.2, 0.25) is 0 Å². The molecule has 6 nitrogen and oxygen atoms in total. The third kappa shape index (κ3) is 3.46. The van der Waals surface area contributed by atoms with E-state index in [1.54, 1.807) is 13.8 Å². The highest BCUT2D eigenvalue weighted by Crippen LogP contribution is 2.24. The van der Waals surface area contributed by atoms with Gasteiger partial charge < -0.3 is 0 Å². The largest absolute Gasteiger partial charge is 0.273 e. The number of benzene rings is 1. The molecule has 0 saturated heterocycles. The average Bonchev–Trinajstić information content (AvgIpc) is 2.92. The van der Waals surface area contributed by atoms with Crippen LogP contribution in [0, 0.1) is 17.0 Å². The van der Waals surface area contributed by atoms with E-state index in [-0.39, 0.29) is 10.6 Å². The van der Waals surface area contributed by atoms with Gasteiger partial charge in [-0.15, -0.1) is 11.3 Å². The molecule has 2 aromatic rings. The van der Waals surface area contributed by atoms with E-state index in [1.165, 1.54) is 23.5 Å². The number of nitro groups is 1. The van der Waals surface area contributed by atoms with Crippen molar-refractivity contribution in [2.75, 3.05) is 0 Å². The maximum atomic E-state index is 12.3. The summed E-state index contributed by atoms with van der Waals surface area (Å²) >= 11 is 1.44. The number of nitrogens with one attached hydrogen (secondary N) is 1. The van der Waals surface area contributed by atoms with Crippen LogP contribution in [0.5, 0.6) is 0 Å². The second-order valence-electron chi connectivity index (χ2n) is 4.56. The number of nitrogens with zero attached hydrogens (tertiary/aromatic N) is 1. The zero-order chi connectivity index (χ0) is 15.6. The highest BCUT2D eigenvalue weighted by atomic mass is 32.2. The van der Waals surface area contributed by atoms with Crippen LogP contribution < -0.4 is 4.72 Å². The Morgan fingerprint density at radius 1 is 1.33 bits per heavy atom. The Morgan fingerprint density at radius 2 is 2.05 bits per heavy atom. The van der Waals surface area contributed by atoms with Crippen molar-refractivity contribution in [3.8, 4) is 0 Å². The molecule has 0 saturated carbocycles. The van der Waals surface area contributed by atoms with Gasteiger partial charge in [0, 0.05) is 16.5 Å². The summed E-state index contributed by atoms with van der Waals surface area (Å²) < 4.78 is 27.1. The fraction of sp³-hybridized carbons (Fsp3) is 0.231. The van der Waals surface area contributed by atoms with Crippen LogP contribution in [0.3, 0.4) is 0 Å². The molecule has 1 heterocycles. The van der Waals surface area contributed by atoms with Crippen LogP contribution in [0.4, 0.5) is 5.69 Å². The Kier molecular flexibility index (Phi) is 4.40. The number of hydrogen-bond donors (Lipinski definition) is 1. The SMILES string of the molecule is Cc1ccc(S(=O)(=O)N[C@H](C)c2cccs2)cc1[N+](=O)[O-]. The third-order valence-electron chi connectivity index (χ3n) is 2.99. The molecule has 0 radical (unpaired) electrons. The van der Waals surface area contributed by atoms with Gasteiger partial charge in [-0.25, -0.2) is 13.1 Å². The van der Waals surface area contributed by atoms with Gasteiger partial charge in [0.2, 0.25) is 10.0 Å². The van der Waals surface area contributed by atoms with Crippen molar-refractivity contribution in [2.45, 2.75) is 24.8 Å². The molecule has 0 fully saturated rings. The summed E-state index contributed by atoms with van der Waals surface area (Å²) in [6, 6.07) is 7.15. The summed E-state index contributed by atoms with van der Waals surface area (Å²) in [6.07, 6.45) is 0. The van der Waals surface area contributed by atoms with E-state index in [2.05, 4.69) is 4.72 Å². The number of thiophene rings is 1. The Bertz CT molecular complexity index is 754. The Morgan fingerprint density at radius 3 is 2.62 bits per heavy atom. The van der Waals surface area contributed by atoms with Gasteiger partial charge in [-0.05, 0) is 31.4 Å². The molecule has 0 aliphatic heterocycles. The van der Waals surface area contributed by atoms with Gasteiger partial charge in [0.15, 0.2) is 0 Å². The second-order valence-corrected chi connectivity index (χ2v) is 7.26. The summed E-state index contributed by atoms with van der Waals surface area (Å²) in [5, 5.41) is 12.8. The molecule has 1 aromatic heterocycles. The van der Waals surface area contributed by atoms with Gasteiger partial charge in [-0.1, -0.05) is 12.1 Å². The van der Waals surface area contributed by atoms with Gasteiger partial charge in [-0.2, -0.15) is 0 Å². The normalized spacial score (nSPS) is 13.0. The van der Waals surface area contributed by atoms with Crippen LogP contribution in [0.25, 0.3) is 0 Å². The van der Waals surface area contributed by atoms with E-state index in [1.807, 2.05) is 17.5 Å². The zero-order valence-electron chi connectivity index (χ0n) is 11.4. The van der Waals surface area contributed by atoms with E-state index in [0.717, 1.165) is 10.9 Å². The topological polar surface area (TPSA) is 89.3 Å². The minimum absolute atomic E-state index is 0.108. The summed E-state index contributed by atoms with van der Waals surface area (Å²) in [7, 11) is -3.81. The number of rotatable bonds is 5. The standard InChI is InChI=1S/C13H14N2O4S2/c1-9-5-6-11(8-12(9)15(16)17)21(18,19)14-10(2)13-4-3-7-20-13/h3-8,10,14H,1-2H3/t10-/m1/s1. The molecule has 1 N–H and O–H groups in total. The van der Waals surface area contributed by atoms with Gasteiger partial charge >= 0.3 is 0 Å². The minimum atomic E-state index is -3.81. The molecular weight excluding hydrogens is 312 g/mol. The van der Waals surface area contributed by atoms with Crippen LogP contribution in [0.1, 0.15) is 23.4 Å². The van der Waals surface area contributed by atoms with E-state index in [0.29, 0.717) is 5.56 Å². The lowest BCUT2D eigenvalue weighted by Crippen LogP contribution is -2.26. The van der Waals surface area contributed by atoms with Crippen molar-refractivity contribution in [2.24, 2.45) is 0 Å². The Labute approximate surface area is 126 Å². The molecular formula is C13H14N2O4S2. The minimum Gasteiger partial charge on any atom is -0.258 e.